The third kappa shape index (κ3) is 6.12. The molecule has 1 aliphatic rings. The Balaban J connectivity index is 1.41. The summed E-state index contributed by atoms with van der Waals surface area (Å²) < 4.78 is 41.2. The van der Waals surface area contributed by atoms with Gasteiger partial charge in [0.25, 0.3) is 0 Å². The molecule has 0 N–H and O–H groups in total. The highest BCUT2D eigenvalue weighted by Gasteiger charge is 2.26. The SMILES string of the molecule is CN(CC(CCN1CCC(c2ccccc2)CC1)c1ccc(F)cc1)S(=O)(=O)c1ccccc1. The van der Waals surface area contributed by atoms with Crippen molar-refractivity contribution < 1.29 is 12.8 Å². The summed E-state index contributed by atoms with van der Waals surface area (Å²) in [6.45, 7) is 3.31. The number of likely N-dealkylation sites (tertiary alicyclic amines) is 1. The topological polar surface area (TPSA) is 40.6 Å². The van der Waals surface area contributed by atoms with E-state index < -0.39 is 10.0 Å². The van der Waals surface area contributed by atoms with Crippen molar-refractivity contribution in [2.24, 2.45) is 0 Å². The Kier molecular flexibility index (Phi) is 8.14. The van der Waals surface area contributed by atoms with Gasteiger partial charge in [0.2, 0.25) is 10.0 Å². The minimum atomic E-state index is -3.59. The number of hydrogen-bond acceptors (Lipinski definition) is 3. The molecule has 180 valence electrons. The first kappa shape index (κ1) is 24.6. The summed E-state index contributed by atoms with van der Waals surface area (Å²) in [5.74, 6) is 0.305. The van der Waals surface area contributed by atoms with Gasteiger partial charge in [0.1, 0.15) is 5.82 Å². The summed E-state index contributed by atoms with van der Waals surface area (Å²) in [5.41, 5.74) is 2.38. The molecule has 1 unspecified atom stereocenters. The van der Waals surface area contributed by atoms with Crippen LogP contribution >= 0.6 is 0 Å². The Morgan fingerprint density at radius 1 is 0.912 bits per heavy atom. The Bertz CT molecular complexity index is 1130. The van der Waals surface area contributed by atoms with Crippen LogP contribution in [-0.2, 0) is 10.0 Å². The van der Waals surface area contributed by atoms with Gasteiger partial charge >= 0.3 is 0 Å². The molecule has 0 saturated carbocycles. The van der Waals surface area contributed by atoms with Crippen LogP contribution in [0.15, 0.2) is 89.8 Å². The van der Waals surface area contributed by atoms with E-state index in [1.54, 1.807) is 49.5 Å². The van der Waals surface area contributed by atoms with Crippen molar-refractivity contribution in [3.05, 3.63) is 102 Å². The first-order valence-corrected chi connectivity index (χ1v) is 13.4. The molecular weight excluding hydrogens is 447 g/mol. The molecule has 1 heterocycles. The van der Waals surface area contributed by atoms with Crippen LogP contribution in [0, 0.1) is 5.82 Å². The van der Waals surface area contributed by atoms with E-state index in [0.29, 0.717) is 17.4 Å². The van der Waals surface area contributed by atoms with E-state index >= 15 is 0 Å². The lowest BCUT2D eigenvalue weighted by atomic mass is 9.89. The summed E-state index contributed by atoms with van der Waals surface area (Å²) in [7, 11) is -1.96. The fraction of sp³-hybridized carbons (Fsp3) is 0.357. The fourth-order valence-electron chi connectivity index (χ4n) is 4.83. The van der Waals surface area contributed by atoms with E-state index in [1.807, 2.05) is 0 Å². The van der Waals surface area contributed by atoms with E-state index in [0.717, 1.165) is 44.5 Å². The van der Waals surface area contributed by atoms with Gasteiger partial charge in [0.05, 0.1) is 4.90 Å². The van der Waals surface area contributed by atoms with Crippen LogP contribution in [0.3, 0.4) is 0 Å². The normalized spacial score (nSPS) is 16.6. The second kappa shape index (κ2) is 11.3. The monoisotopic (exact) mass is 480 g/mol. The molecule has 0 spiro atoms. The highest BCUT2D eigenvalue weighted by atomic mass is 32.2. The van der Waals surface area contributed by atoms with E-state index in [1.165, 1.54) is 22.0 Å². The second-order valence-corrected chi connectivity index (χ2v) is 11.2. The summed E-state index contributed by atoms with van der Waals surface area (Å²) in [6, 6.07) is 25.7. The molecule has 0 bridgehead atoms. The fourth-order valence-corrected chi connectivity index (χ4v) is 6.07. The van der Waals surface area contributed by atoms with E-state index in [2.05, 4.69) is 35.2 Å². The molecule has 3 aromatic carbocycles. The number of nitrogens with zero attached hydrogens (tertiary/aromatic N) is 2. The van der Waals surface area contributed by atoms with Crippen LogP contribution in [0.25, 0.3) is 0 Å². The van der Waals surface area contributed by atoms with Crippen molar-refractivity contribution in [2.45, 2.75) is 36.0 Å². The van der Waals surface area contributed by atoms with Crippen molar-refractivity contribution in [3.63, 3.8) is 0 Å². The number of likely N-dealkylation sites (N-methyl/N-ethyl adjacent to an activating group) is 1. The number of benzene rings is 3. The van der Waals surface area contributed by atoms with E-state index in [-0.39, 0.29) is 11.7 Å². The molecule has 1 saturated heterocycles. The maximum atomic E-state index is 13.6. The van der Waals surface area contributed by atoms with Crippen molar-refractivity contribution in [1.29, 1.82) is 0 Å². The Hall–Kier alpha value is -2.54. The van der Waals surface area contributed by atoms with Gasteiger partial charge in [-0.2, -0.15) is 0 Å². The zero-order valence-electron chi connectivity index (χ0n) is 19.7. The van der Waals surface area contributed by atoms with Crippen LogP contribution in [0.1, 0.15) is 42.2 Å². The van der Waals surface area contributed by atoms with Gasteiger partial charge in [0, 0.05) is 13.6 Å². The average Bonchev–Trinajstić information content (AvgIpc) is 2.88. The van der Waals surface area contributed by atoms with Crippen LogP contribution in [0.5, 0.6) is 0 Å². The minimum Gasteiger partial charge on any atom is -0.303 e. The summed E-state index contributed by atoms with van der Waals surface area (Å²) >= 11 is 0. The van der Waals surface area contributed by atoms with Crippen LogP contribution < -0.4 is 0 Å². The molecule has 4 nitrogen and oxygen atoms in total. The zero-order valence-corrected chi connectivity index (χ0v) is 20.5. The average molecular weight is 481 g/mol. The lowest BCUT2D eigenvalue weighted by molar-refractivity contribution is 0.203. The molecule has 1 aliphatic heterocycles. The molecule has 6 heteroatoms. The maximum absolute atomic E-state index is 13.6. The standard InChI is InChI=1S/C28H33FN2O2S/c1-30(34(32,33)28-10-6-3-7-11-28)22-26(24-12-14-27(29)15-13-24)18-21-31-19-16-25(17-20-31)23-8-4-2-5-9-23/h2-15,25-26H,16-22H2,1H3. The molecule has 0 amide bonds. The summed E-state index contributed by atoms with van der Waals surface area (Å²) in [6.07, 6.45) is 3.08. The van der Waals surface area contributed by atoms with Gasteiger partial charge in [-0.15, -0.1) is 0 Å². The molecule has 0 aliphatic carbocycles. The van der Waals surface area contributed by atoms with Crippen molar-refractivity contribution in [1.82, 2.24) is 9.21 Å². The lowest BCUT2D eigenvalue weighted by Crippen LogP contribution is -2.36. The van der Waals surface area contributed by atoms with Gasteiger partial charge in [-0.05, 0) is 86.1 Å². The lowest BCUT2D eigenvalue weighted by Gasteiger charge is -2.33. The highest BCUT2D eigenvalue weighted by molar-refractivity contribution is 7.89. The smallest absolute Gasteiger partial charge is 0.242 e. The largest absolute Gasteiger partial charge is 0.303 e. The predicted octanol–water partition coefficient (Wildman–Crippen LogP) is 5.50. The van der Waals surface area contributed by atoms with Gasteiger partial charge in [0.15, 0.2) is 0 Å². The number of hydrogen-bond donors (Lipinski definition) is 0. The molecule has 34 heavy (non-hydrogen) atoms. The zero-order chi connectivity index (χ0) is 24.0. The number of sulfonamides is 1. The molecule has 3 aromatic rings. The first-order valence-electron chi connectivity index (χ1n) is 12.0. The van der Waals surface area contributed by atoms with E-state index in [9.17, 15) is 12.8 Å². The van der Waals surface area contributed by atoms with Gasteiger partial charge in [-0.3, -0.25) is 0 Å². The van der Waals surface area contributed by atoms with Crippen molar-refractivity contribution >= 4 is 10.0 Å². The minimum absolute atomic E-state index is 0.0177. The first-order chi connectivity index (χ1) is 16.4. The molecule has 0 aromatic heterocycles. The van der Waals surface area contributed by atoms with Gasteiger partial charge < -0.3 is 4.90 Å². The van der Waals surface area contributed by atoms with Crippen molar-refractivity contribution in [3.8, 4) is 0 Å². The Morgan fingerprint density at radius 3 is 2.12 bits per heavy atom. The summed E-state index contributed by atoms with van der Waals surface area (Å²) in [4.78, 5) is 2.76. The van der Waals surface area contributed by atoms with Crippen LogP contribution in [0.4, 0.5) is 4.39 Å². The molecular formula is C28H33FN2O2S. The predicted molar refractivity (Wildman–Crippen MR) is 135 cm³/mol. The van der Waals surface area contributed by atoms with E-state index in [4.69, 9.17) is 0 Å². The van der Waals surface area contributed by atoms with Gasteiger partial charge in [-0.1, -0.05) is 60.7 Å². The number of halogens is 1. The molecule has 0 radical (unpaired) electrons. The Labute approximate surface area is 203 Å². The van der Waals surface area contributed by atoms with Gasteiger partial charge in [-0.25, -0.2) is 17.1 Å². The molecule has 1 fully saturated rings. The second-order valence-electron chi connectivity index (χ2n) is 9.16. The van der Waals surface area contributed by atoms with Crippen LogP contribution in [-0.4, -0.2) is 50.8 Å². The molecule has 4 rings (SSSR count). The quantitative estimate of drug-likeness (QED) is 0.406. The maximum Gasteiger partial charge on any atom is 0.242 e. The third-order valence-corrected chi connectivity index (χ3v) is 8.76. The molecule has 1 atom stereocenters. The highest BCUT2D eigenvalue weighted by Crippen LogP contribution is 2.29. The van der Waals surface area contributed by atoms with Crippen LogP contribution in [0.2, 0.25) is 0 Å². The summed E-state index contributed by atoms with van der Waals surface area (Å²) in [5, 5.41) is 0. The number of piperidine rings is 1. The number of rotatable bonds is 9. The van der Waals surface area contributed by atoms with Crippen molar-refractivity contribution in [2.75, 3.05) is 33.2 Å². The third-order valence-electron chi connectivity index (χ3n) is 6.92. The Morgan fingerprint density at radius 2 is 1.50 bits per heavy atom.